The van der Waals surface area contributed by atoms with Crippen molar-refractivity contribution in [1.82, 2.24) is 0 Å². The molecule has 0 aromatic rings. The van der Waals surface area contributed by atoms with Crippen molar-refractivity contribution in [2.24, 2.45) is 5.41 Å². The smallest absolute Gasteiger partial charge is 0.276 e. The fourth-order valence-corrected chi connectivity index (χ4v) is 1.17. The van der Waals surface area contributed by atoms with Crippen molar-refractivity contribution in [3.05, 3.63) is 12.2 Å². The minimum absolute atomic E-state index is 0.149. The van der Waals surface area contributed by atoms with Crippen LogP contribution in [0.4, 0.5) is 8.78 Å². The molecule has 0 heterocycles. The first kappa shape index (κ1) is 8.65. The summed E-state index contributed by atoms with van der Waals surface area (Å²) in [5.41, 5.74) is -1.32. The molecule has 1 fully saturated rings. The van der Waals surface area contributed by atoms with Crippen LogP contribution in [-0.4, -0.2) is 17.6 Å². The van der Waals surface area contributed by atoms with Crippen LogP contribution in [0, 0.1) is 5.41 Å². The van der Waals surface area contributed by atoms with E-state index in [9.17, 15) is 8.78 Å². The number of rotatable bonds is 3. The molecule has 1 aliphatic rings. The number of hydrogen-bond donors (Lipinski definition) is 1. The van der Waals surface area contributed by atoms with Crippen LogP contribution in [-0.2, 0) is 0 Å². The second-order valence-electron chi connectivity index (χ2n) is 3.29. The number of halogens is 2. The summed E-state index contributed by atoms with van der Waals surface area (Å²) in [7, 11) is 0. The molecule has 0 aromatic heterocycles. The fraction of sp³-hybridized carbons (Fsp3) is 0.750. The highest BCUT2D eigenvalue weighted by Gasteiger charge is 2.61. The van der Waals surface area contributed by atoms with Gasteiger partial charge in [0.15, 0.2) is 0 Å². The third kappa shape index (κ3) is 1.07. The van der Waals surface area contributed by atoms with Crippen LogP contribution in [0.3, 0.4) is 0 Å². The topological polar surface area (TPSA) is 20.2 Å². The second-order valence-corrected chi connectivity index (χ2v) is 3.29. The number of aliphatic hydroxyl groups is 1. The fourth-order valence-electron chi connectivity index (χ4n) is 1.17. The van der Waals surface area contributed by atoms with Gasteiger partial charge in [-0.15, -0.1) is 0 Å². The maximum atomic E-state index is 13.1. The first-order valence-corrected chi connectivity index (χ1v) is 3.61. The quantitative estimate of drug-likeness (QED) is 0.629. The molecule has 1 N–H and O–H groups in total. The van der Waals surface area contributed by atoms with Crippen LogP contribution in [0.2, 0.25) is 0 Å². The van der Waals surface area contributed by atoms with Gasteiger partial charge in [-0.1, -0.05) is 6.58 Å². The zero-order valence-electron chi connectivity index (χ0n) is 6.53. The maximum Gasteiger partial charge on any atom is 0.276 e. The van der Waals surface area contributed by atoms with Crippen LogP contribution in [0.1, 0.15) is 19.8 Å². The first-order valence-electron chi connectivity index (χ1n) is 3.61. The maximum absolute atomic E-state index is 13.1. The standard InChI is InChI=1S/C8H12F2O/c1-6(2)8(9,10)7(5-11)3-4-7/h11H,1,3-5H2,2H3. The summed E-state index contributed by atoms with van der Waals surface area (Å²) >= 11 is 0. The molecule has 0 amide bonds. The van der Waals surface area contributed by atoms with Gasteiger partial charge in [-0.05, 0) is 25.3 Å². The van der Waals surface area contributed by atoms with Gasteiger partial charge < -0.3 is 5.11 Å². The minimum atomic E-state index is -2.89. The molecule has 1 aliphatic carbocycles. The molecule has 0 radical (unpaired) electrons. The van der Waals surface area contributed by atoms with Gasteiger partial charge in [-0.2, -0.15) is 0 Å². The van der Waals surface area contributed by atoms with Gasteiger partial charge >= 0.3 is 0 Å². The van der Waals surface area contributed by atoms with E-state index in [1.165, 1.54) is 6.92 Å². The number of aliphatic hydroxyl groups excluding tert-OH is 1. The van der Waals surface area contributed by atoms with Crippen LogP contribution in [0.25, 0.3) is 0 Å². The van der Waals surface area contributed by atoms with Gasteiger partial charge in [0.05, 0.1) is 12.0 Å². The largest absolute Gasteiger partial charge is 0.396 e. The lowest BCUT2D eigenvalue weighted by molar-refractivity contribution is -0.0580. The highest BCUT2D eigenvalue weighted by atomic mass is 19.3. The molecule has 1 rings (SSSR count). The summed E-state index contributed by atoms with van der Waals surface area (Å²) in [6.45, 7) is 4.08. The van der Waals surface area contributed by atoms with E-state index in [0.717, 1.165) is 0 Å². The molecular formula is C8H12F2O. The highest BCUT2D eigenvalue weighted by Crippen LogP contribution is 2.58. The van der Waals surface area contributed by atoms with Gasteiger partial charge in [-0.25, -0.2) is 8.78 Å². The molecule has 1 nitrogen and oxygen atoms in total. The lowest BCUT2D eigenvalue weighted by Crippen LogP contribution is -2.33. The molecule has 0 aliphatic heterocycles. The average molecular weight is 162 g/mol. The highest BCUT2D eigenvalue weighted by molar-refractivity contribution is 5.17. The lowest BCUT2D eigenvalue weighted by atomic mass is 9.94. The Labute approximate surface area is 64.7 Å². The molecule has 0 spiro atoms. The second kappa shape index (κ2) is 2.27. The van der Waals surface area contributed by atoms with E-state index in [4.69, 9.17) is 5.11 Å². The lowest BCUT2D eigenvalue weighted by Gasteiger charge is -2.24. The van der Waals surface area contributed by atoms with Crippen molar-refractivity contribution in [3.8, 4) is 0 Å². The Bertz CT molecular complexity index is 183. The van der Waals surface area contributed by atoms with E-state index in [-0.39, 0.29) is 5.57 Å². The van der Waals surface area contributed by atoms with Gasteiger partial charge in [0.2, 0.25) is 0 Å². The van der Waals surface area contributed by atoms with Crippen molar-refractivity contribution < 1.29 is 13.9 Å². The summed E-state index contributed by atoms with van der Waals surface area (Å²) in [6.07, 6.45) is 0.812. The van der Waals surface area contributed by atoms with Gasteiger partial charge in [0.1, 0.15) is 0 Å². The third-order valence-corrected chi connectivity index (χ3v) is 2.36. The van der Waals surface area contributed by atoms with Crippen LogP contribution in [0.15, 0.2) is 12.2 Å². The summed E-state index contributed by atoms with van der Waals surface area (Å²) in [5.74, 6) is -2.89. The molecule has 0 saturated heterocycles. The van der Waals surface area contributed by atoms with E-state index in [0.29, 0.717) is 12.8 Å². The first-order chi connectivity index (χ1) is 4.96. The molecule has 1 saturated carbocycles. The molecular weight excluding hydrogens is 150 g/mol. The normalized spacial score (nSPS) is 21.5. The van der Waals surface area contributed by atoms with E-state index >= 15 is 0 Å². The zero-order chi connectivity index (χ0) is 8.70. The Kier molecular flexibility index (Phi) is 1.79. The Morgan fingerprint density at radius 2 is 2.09 bits per heavy atom. The van der Waals surface area contributed by atoms with Crippen LogP contribution < -0.4 is 0 Å². The Morgan fingerprint density at radius 1 is 1.64 bits per heavy atom. The van der Waals surface area contributed by atoms with E-state index in [1.54, 1.807) is 0 Å². The Hall–Kier alpha value is -0.440. The Balaban J connectivity index is 2.79. The summed E-state index contributed by atoms with van der Waals surface area (Å²) in [5, 5.41) is 8.72. The molecule has 0 bridgehead atoms. The third-order valence-electron chi connectivity index (χ3n) is 2.36. The monoisotopic (exact) mass is 162 g/mol. The molecule has 64 valence electrons. The molecule has 0 aromatic carbocycles. The number of allylic oxidation sites excluding steroid dienone is 1. The Morgan fingerprint density at radius 3 is 2.18 bits per heavy atom. The van der Waals surface area contributed by atoms with Crippen molar-refractivity contribution in [2.45, 2.75) is 25.7 Å². The SMILES string of the molecule is C=C(C)C(F)(F)C1(CO)CC1. The predicted molar refractivity (Wildman–Crippen MR) is 38.5 cm³/mol. The summed E-state index contributed by atoms with van der Waals surface area (Å²) < 4.78 is 26.3. The molecule has 3 heteroatoms. The van der Waals surface area contributed by atoms with Gasteiger partial charge in [0, 0.05) is 0 Å². The van der Waals surface area contributed by atoms with Crippen molar-refractivity contribution in [2.75, 3.05) is 6.61 Å². The molecule has 0 atom stereocenters. The molecule has 0 unspecified atom stereocenters. The van der Waals surface area contributed by atoms with Gasteiger partial charge in [-0.3, -0.25) is 0 Å². The van der Waals surface area contributed by atoms with E-state index in [2.05, 4.69) is 6.58 Å². The predicted octanol–water partition coefficient (Wildman–Crippen LogP) is 1.97. The summed E-state index contributed by atoms with van der Waals surface area (Å²) in [6, 6.07) is 0. The van der Waals surface area contributed by atoms with Crippen LogP contribution >= 0.6 is 0 Å². The van der Waals surface area contributed by atoms with Crippen LogP contribution in [0.5, 0.6) is 0 Å². The average Bonchev–Trinajstić information content (AvgIpc) is 2.66. The zero-order valence-corrected chi connectivity index (χ0v) is 6.53. The van der Waals surface area contributed by atoms with Gasteiger partial charge in [0.25, 0.3) is 5.92 Å². The van der Waals surface area contributed by atoms with E-state index < -0.39 is 17.9 Å². The van der Waals surface area contributed by atoms with Crippen molar-refractivity contribution in [1.29, 1.82) is 0 Å². The van der Waals surface area contributed by atoms with E-state index in [1.807, 2.05) is 0 Å². The molecule has 11 heavy (non-hydrogen) atoms. The van der Waals surface area contributed by atoms with Crippen molar-refractivity contribution in [3.63, 3.8) is 0 Å². The number of hydrogen-bond acceptors (Lipinski definition) is 1. The summed E-state index contributed by atoms with van der Waals surface area (Å²) in [4.78, 5) is 0. The minimum Gasteiger partial charge on any atom is -0.396 e. The van der Waals surface area contributed by atoms with Crippen molar-refractivity contribution >= 4 is 0 Å². The number of alkyl halides is 2.